The molecule has 5 heteroatoms. The Morgan fingerprint density at radius 3 is 2.83 bits per heavy atom. The molecule has 0 saturated carbocycles. The van der Waals surface area contributed by atoms with E-state index >= 15 is 0 Å². The average molecular weight is 326 g/mol. The van der Waals surface area contributed by atoms with E-state index < -0.39 is 0 Å². The molecule has 0 unspecified atom stereocenters. The van der Waals surface area contributed by atoms with Crippen LogP contribution < -0.4 is 4.74 Å². The number of rotatable bonds is 4. The van der Waals surface area contributed by atoms with Crippen LogP contribution in [0, 0.1) is 6.92 Å². The third kappa shape index (κ3) is 2.79. The zero-order valence-corrected chi connectivity index (χ0v) is 12.5. The second-order valence-electron chi connectivity index (χ2n) is 3.84. The van der Waals surface area contributed by atoms with Gasteiger partial charge < -0.3 is 4.74 Å². The number of hydrogen-bond acceptors (Lipinski definition) is 4. The van der Waals surface area contributed by atoms with Gasteiger partial charge in [0, 0.05) is 6.42 Å². The summed E-state index contributed by atoms with van der Waals surface area (Å²) < 4.78 is 6.01. The van der Waals surface area contributed by atoms with Gasteiger partial charge in [0.1, 0.15) is 5.75 Å². The van der Waals surface area contributed by atoms with E-state index in [1.807, 2.05) is 25.1 Å². The van der Waals surface area contributed by atoms with Crippen LogP contribution in [0.15, 0.2) is 28.2 Å². The molecule has 0 aliphatic rings. The van der Waals surface area contributed by atoms with E-state index in [1.54, 1.807) is 12.6 Å². The molecule has 1 heterocycles. The molecule has 18 heavy (non-hydrogen) atoms. The molecular formula is C13H12BrNO2S. The highest BCUT2D eigenvalue weighted by Gasteiger charge is 2.13. The lowest BCUT2D eigenvalue weighted by Gasteiger charge is -2.05. The molecule has 0 atom stereocenters. The van der Waals surface area contributed by atoms with Gasteiger partial charge in [0.15, 0.2) is 5.78 Å². The van der Waals surface area contributed by atoms with Crippen molar-refractivity contribution in [1.82, 2.24) is 4.98 Å². The van der Waals surface area contributed by atoms with Crippen LogP contribution in [0.4, 0.5) is 0 Å². The van der Waals surface area contributed by atoms with Crippen molar-refractivity contribution >= 4 is 33.0 Å². The van der Waals surface area contributed by atoms with E-state index in [0.717, 1.165) is 26.4 Å². The van der Waals surface area contributed by atoms with Crippen LogP contribution in [0.25, 0.3) is 0 Å². The van der Waals surface area contributed by atoms with Crippen molar-refractivity contribution in [3.63, 3.8) is 0 Å². The molecule has 1 aromatic heterocycles. The number of Topliss-reactive ketones (excluding diaryl/α,β-unsaturated/α-hetero) is 1. The quantitative estimate of drug-likeness (QED) is 0.805. The molecule has 1 aromatic carbocycles. The molecule has 0 saturated heterocycles. The third-order valence-corrected chi connectivity index (χ3v) is 4.17. The Labute approximate surface area is 118 Å². The van der Waals surface area contributed by atoms with Gasteiger partial charge in [0.05, 0.1) is 27.7 Å². The van der Waals surface area contributed by atoms with Crippen molar-refractivity contribution in [3.8, 4) is 5.75 Å². The highest BCUT2D eigenvalue weighted by atomic mass is 79.9. The topological polar surface area (TPSA) is 39.2 Å². The Morgan fingerprint density at radius 1 is 1.50 bits per heavy atom. The number of ether oxygens (including phenoxy) is 1. The second-order valence-corrected chi connectivity index (χ2v) is 5.54. The smallest absolute Gasteiger partial charge is 0.179 e. The molecule has 0 N–H and O–H groups in total. The van der Waals surface area contributed by atoms with Crippen molar-refractivity contribution in [2.24, 2.45) is 0 Å². The number of benzene rings is 1. The van der Waals surface area contributed by atoms with Gasteiger partial charge >= 0.3 is 0 Å². The van der Waals surface area contributed by atoms with Gasteiger partial charge in [-0.1, -0.05) is 6.07 Å². The molecule has 0 amide bonds. The molecule has 0 radical (unpaired) electrons. The first kappa shape index (κ1) is 13.2. The monoisotopic (exact) mass is 325 g/mol. The van der Waals surface area contributed by atoms with E-state index in [0.29, 0.717) is 6.42 Å². The highest BCUT2D eigenvalue weighted by molar-refractivity contribution is 9.10. The number of hydrogen-bond donors (Lipinski definition) is 0. The summed E-state index contributed by atoms with van der Waals surface area (Å²) in [5.74, 6) is 0.868. The van der Waals surface area contributed by atoms with Crippen molar-refractivity contribution in [2.75, 3.05) is 7.11 Å². The Morgan fingerprint density at radius 2 is 2.28 bits per heavy atom. The minimum atomic E-state index is 0.104. The fraction of sp³-hybridized carbons (Fsp3) is 0.231. The number of aryl methyl sites for hydroxylation is 1. The molecule has 2 aromatic rings. The van der Waals surface area contributed by atoms with Crippen molar-refractivity contribution in [3.05, 3.63) is 44.3 Å². The van der Waals surface area contributed by atoms with Gasteiger partial charge in [-0.2, -0.15) is 0 Å². The lowest BCUT2D eigenvalue weighted by atomic mass is 10.1. The molecule has 0 aliphatic carbocycles. The molecule has 3 nitrogen and oxygen atoms in total. The first-order valence-electron chi connectivity index (χ1n) is 5.37. The number of thiazole rings is 1. The van der Waals surface area contributed by atoms with E-state index in [2.05, 4.69) is 20.9 Å². The normalized spacial score (nSPS) is 10.4. The number of aromatic nitrogens is 1. The number of methoxy groups -OCH3 is 1. The summed E-state index contributed by atoms with van der Waals surface area (Å²) in [6, 6.07) is 5.66. The first-order chi connectivity index (χ1) is 8.61. The summed E-state index contributed by atoms with van der Waals surface area (Å²) in [6.07, 6.45) is 0.381. The van der Waals surface area contributed by atoms with Crippen LogP contribution in [-0.4, -0.2) is 17.9 Å². The van der Waals surface area contributed by atoms with Gasteiger partial charge in [0.25, 0.3) is 0 Å². The lowest BCUT2D eigenvalue weighted by molar-refractivity contribution is 0.0996. The summed E-state index contributed by atoms with van der Waals surface area (Å²) >= 11 is 4.81. The number of halogens is 1. The van der Waals surface area contributed by atoms with Crippen molar-refractivity contribution < 1.29 is 9.53 Å². The molecule has 2 rings (SSSR count). The van der Waals surface area contributed by atoms with Crippen molar-refractivity contribution in [1.29, 1.82) is 0 Å². The fourth-order valence-electron chi connectivity index (χ4n) is 1.66. The molecule has 94 valence electrons. The molecule has 0 aliphatic heterocycles. The van der Waals surface area contributed by atoms with Gasteiger partial charge in [-0.3, -0.25) is 4.79 Å². The fourth-order valence-corrected chi connectivity index (χ4v) is 2.99. The second kappa shape index (κ2) is 5.63. The standard InChI is InChI=1S/C13H12BrNO2S/c1-8-13(18-7-15-8)11(16)6-9-3-4-12(17-2)10(14)5-9/h3-5,7H,6H2,1-2H3. The zero-order valence-electron chi connectivity index (χ0n) is 10.1. The summed E-state index contributed by atoms with van der Waals surface area (Å²) in [5, 5.41) is 0. The lowest BCUT2D eigenvalue weighted by Crippen LogP contribution is -2.03. The maximum atomic E-state index is 12.1. The van der Waals surface area contributed by atoms with E-state index in [9.17, 15) is 4.79 Å². The summed E-state index contributed by atoms with van der Waals surface area (Å²) in [6.45, 7) is 1.85. The Kier molecular flexibility index (Phi) is 4.14. The Bertz CT molecular complexity index is 580. The first-order valence-corrected chi connectivity index (χ1v) is 7.04. The van der Waals surface area contributed by atoms with Gasteiger partial charge in [-0.05, 0) is 40.5 Å². The van der Waals surface area contributed by atoms with Crippen LogP contribution in [0.1, 0.15) is 20.9 Å². The van der Waals surface area contributed by atoms with E-state index in [-0.39, 0.29) is 5.78 Å². The predicted molar refractivity (Wildman–Crippen MR) is 75.6 cm³/mol. The van der Waals surface area contributed by atoms with Gasteiger partial charge in [0.2, 0.25) is 0 Å². The minimum Gasteiger partial charge on any atom is -0.496 e. The largest absolute Gasteiger partial charge is 0.496 e. The van der Waals surface area contributed by atoms with Crippen LogP contribution >= 0.6 is 27.3 Å². The van der Waals surface area contributed by atoms with Crippen molar-refractivity contribution in [2.45, 2.75) is 13.3 Å². The molecule has 0 bridgehead atoms. The molecule has 0 fully saturated rings. The zero-order chi connectivity index (χ0) is 13.1. The number of carbonyl (C=O) groups excluding carboxylic acids is 1. The maximum Gasteiger partial charge on any atom is 0.179 e. The van der Waals surface area contributed by atoms with E-state index in [4.69, 9.17) is 4.74 Å². The number of ketones is 1. The summed E-state index contributed by atoms with van der Waals surface area (Å²) in [4.78, 5) is 16.9. The number of carbonyl (C=O) groups is 1. The average Bonchev–Trinajstić information content (AvgIpc) is 2.76. The number of nitrogens with zero attached hydrogens (tertiary/aromatic N) is 1. The minimum absolute atomic E-state index is 0.104. The predicted octanol–water partition coefficient (Wildman–Crippen LogP) is 3.65. The Balaban J connectivity index is 2.17. The van der Waals surface area contributed by atoms with E-state index in [1.165, 1.54) is 11.3 Å². The van der Waals surface area contributed by atoms with Crippen LogP contribution in [0.2, 0.25) is 0 Å². The molecular weight excluding hydrogens is 314 g/mol. The van der Waals surface area contributed by atoms with Gasteiger partial charge in [-0.25, -0.2) is 4.98 Å². The van der Waals surface area contributed by atoms with Crippen LogP contribution in [-0.2, 0) is 6.42 Å². The summed E-state index contributed by atoms with van der Waals surface area (Å²) in [5.41, 5.74) is 3.46. The van der Waals surface area contributed by atoms with Gasteiger partial charge in [-0.15, -0.1) is 11.3 Å². The molecule has 0 spiro atoms. The Hall–Kier alpha value is -1.20. The maximum absolute atomic E-state index is 12.1. The highest BCUT2D eigenvalue weighted by Crippen LogP contribution is 2.26. The van der Waals surface area contributed by atoms with Crippen LogP contribution in [0.3, 0.4) is 0 Å². The SMILES string of the molecule is COc1ccc(CC(=O)c2scnc2C)cc1Br. The summed E-state index contributed by atoms with van der Waals surface area (Å²) in [7, 11) is 1.62. The van der Waals surface area contributed by atoms with Crippen LogP contribution in [0.5, 0.6) is 5.75 Å². The third-order valence-electron chi connectivity index (χ3n) is 2.58.